The number of nitrogens with zero attached hydrogens (tertiary/aromatic N) is 4. The second-order valence-electron chi connectivity index (χ2n) is 7.74. The SMILES string of the molecule is CC[NH+]1CCN(c2ncnc3c2c(-c2ccccc2)cn3-c2ccc(Br)cc2)CC1. The van der Waals surface area contributed by atoms with Crippen LogP contribution in [0.2, 0.25) is 0 Å². The van der Waals surface area contributed by atoms with Crippen LogP contribution in [-0.2, 0) is 0 Å². The first-order valence-corrected chi connectivity index (χ1v) is 11.3. The normalized spacial score (nSPS) is 15.1. The molecule has 1 aliphatic rings. The lowest BCUT2D eigenvalue weighted by atomic mass is 10.1. The summed E-state index contributed by atoms with van der Waals surface area (Å²) >= 11 is 3.54. The molecule has 5 rings (SSSR count). The Morgan fingerprint density at radius 2 is 1.70 bits per heavy atom. The van der Waals surface area contributed by atoms with E-state index in [0.29, 0.717) is 0 Å². The Hall–Kier alpha value is -2.70. The molecule has 152 valence electrons. The summed E-state index contributed by atoms with van der Waals surface area (Å²) in [5, 5.41) is 1.13. The molecule has 0 saturated carbocycles. The van der Waals surface area contributed by atoms with Crippen molar-refractivity contribution in [1.29, 1.82) is 0 Å². The number of piperazine rings is 1. The smallest absolute Gasteiger partial charge is 0.150 e. The number of hydrogen-bond donors (Lipinski definition) is 1. The molecule has 30 heavy (non-hydrogen) atoms. The summed E-state index contributed by atoms with van der Waals surface area (Å²) in [7, 11) is 0. The van der Waals surface area contributed by atoms with Gasteiger partial charge in [-0.05, 0) is 36.8 Å². The van der Waals surface area contributed by atoms with Crippen molar-refractivity contribution in [2.75, 3.05) is 37.6 Å². The van der Waals surface area contributed by atoms with Crippen molar-refractivity contribution in [3.05, 3.63) is 71.6 Å². The Labute approximate surface area is 185 Å². The predicted molar refractivity (Wildman–Crippen MR) is 125 cm³/mol. The number of quaternary nitrogens is 1. The summed E-state index contributed by atoms with van der Waals surface area (Å²) in [4.78, 5) is 13.6. The van der Waals surface area contributed by atoms with Crippen LogP contribution in [0.4, 0.5) is 5.82 Å². The van der Waals surface area contributed by atoms with Gasteiger partial charge in [0.05, 0.1) is 38.1 Å². The second kappa shape index (κ2) is 8.20. The van der Waals surface area contributed by atoms with Gasteiger partial charge >= 0.3 is 0 Å². The van der Waals surface area contributed by atoms with Crippen LogP contribution in [0.1, 0.15) is 6.92 Å². The number of hydrogen-bond acceptors (Lipinski definition) is 3. The Balaban J connectivity index is 1.69. The molecule has 3 heterocycles. The maximum atomic E-state index is 4.77. The van der Waals surface area contributed by atoms with Gasteiger partial charge in [-0.25, -0.2) is 9.97 Å². The molecule has 0 unspecified atom stereocenters. The van der Waals surface area contributed by atoms with Crippen LogP contribution in [0.5, 0.6) is 0 Å². The van der Waals surface area contributed by atoms with Gasteiger partial charge in [0, 0.05) is 21.9 Å². The van der Waals surface area contributed by atoms with E-state index in [-0.39, 0.29) is 0 Å². The molecule has 0 bridgehead atoms. The maximum Gasteiger partial charge on any atom is 0.150 e. The molecule has 0 amide bonds. The monoisotopic (exact) mass is 462 g/mol. The van der Waals surface area contributed by atoms with Gasteiger partial charge in [-0.1, -0.05) is 46.3 Å². The molecule has 2 aromatic carbocycles. The average molecular weight is 463 g/mol. The third kappa shape index (κ3) is 3.50. The van der Waals surface area contributed by atoms with Gasteiger partial charge in [0.2, 0.25) is 0 Å². The van der Waals surface area contributed by atoms with Gasteiger partial charge in [0.15, 0.2) is 5.65 Å². The van der Waals surface area contributed by atoms with Crippen molar-refractivity contribution in [3.8, 4) is 16.8 Å². The minimum absolute atomic E-state index is 0.950. The quantitative estimate of drug-likeness (QED) is 0.503. The highest BCUT2D eigenvalue weighted by Crippen LogP contribution is 2.36. The Bertz CT molecular complexity index is 1150. The predicted octanol–water partition coefficient (Wildman–Crippen LogP) is 3.57. The van der Waals surface area contributed by atoms with Gasteiger partial charge < -0.3 is 14.4 Å². The lowest BCUT2D eigenvalue weighted by Crippen LogP contribution is -3.14. The van der Waals surface area contributed by atoms with E-state index in [1.165, 1.54) is 17.7 Å². The second-order valence-corrected chi connectivity index (χ2v) is 8.66. The molecule has 0 aliphatic carbocycles. The third-order valence-corrected chi connectivity index (χ3v) is 6.55. The van der Waals surface area contributed by atoms with Crippen LogP contribution < -0.4 is 9.80 Å². The molecule has 1 aliphatic heterocycles. The van der Waals surface area contributed by atoms with E-state index < -0.39 is 0 Å². The Kier molecular flexibility index (Phi) is 5.27. The molecular weight excluding hydrogens is 438 g/mol. The Morgan fingerprint density at radius 3 is 2.40 bits per heavy atom. The lowest BCUT2D eigenvalue weighted by molar-refractivity contribution is -0.898. The maximum absolute atomic E-state index is 4.77. The molecule has 1 fully saturated rings. The van der Waals surface area contributed by atoms with Crippen molar-refractivity contribution in [1.82, 2.24) is 14.5 Å². The van der Waals surface area contributed by atoms with Crippen LogP contribution in [-0.4, -0.2) is 47.3 Å². The number of aromatic nitrogens is 3. The number of benzene rings is 2. The van der Waals surface area contributed by atoms with E-state index in [1.54, 1.807) is 11.2 Å². The van der Waals surface area contributed by atoms with Gasteiger partial charge in [-0.3, -0.25) is 0 Å². The fourth-order valence-corrected chi connectivity index (χ4v) is 4.57. The summed E-state index contributed by atoms with van der Waals surface area (Å²) in [5.74, 6) is 1.05. The number of rotatable bonds is 4. The molecule has 1 N–H and O–H groups in total. The van der Waals surface area contributed by atoms with Crippen LogP contribution >= 0.6 is 15.9 Å². The number of anilines is 1. The highest BCUT2D eigenvalue weighted by molar-refractivity contribution is 9.10. The molecule has 5 nitrogen and oxygen atoms in total. The van der Waals surface area contributed by atoms with Crippen LogP contribution in [0.3, 0.4) is 0 Å². The van der Waals surface area contributed by atoms with Crippen LogP contribution in [0, 0.1) is 0 Å². The number of fused-ring (bicyclic) bond motifs is 1. The van der Waals surface area contributed by atoms with Crippen LogP contribution in [0.25, 0.3) is 27.8 Å². The van der Waals surface area contributed by atoms with Crippen molar-refractivity contribution in [2.24, 2.45) is 0 Å². The average Bonchev–Trinajstić information content (AvgIpc) is 3.20. The van der Waals surface area contributed by atoms with Crippen molar-refractivity contribution in [2.45, 2.75) is 6.92 Å². The van der Waals surface area contributed by atoms with E-state index in [2.05, 4.69) is 93.1 Å². The third-order valence-electron chi connectivity index (χ3n) is 6.02. The summed E-state index contributed by atoms with van der Waals surface area (Å²) in [6.07, 6.45) is 3.91. The molecule has 0 atom stereocenters. The first-order chi connectivity index (χ1) is 14.7. The van der Waals surface area contributed by atoms with Crippen LogP contribution in [0.15, 0.2) is 71.6 Å². The van der Waals surface area contributed by atoms with E-state index >= 15 is 0 Å². The summed E-state index contributed by atoms with van der Waals surface area (Å²) < 4.78 is 3.25. The zero-order valence-electron chi connectivity index (χ0n) is 17.1. The molecule has 4 aromatic rings. The zero-order valence-corrected chi connectivity index (χ0v) is 18.6. The van der Waals surface area contributed by atoms with Gasteiger partial charge in [-0.15, -0.1) is 0 Å². The van der Waals surface area contributed by atoms with Gasteiger partial charge in [0.1, 0.15) is 12.1 Å². The standard InChI is InChI=1S/C24H24BrN5/c1-2-28-12-14-29(15-13-28)23-22-21(18-6-4-3-5-7-18)16-30(24(22)27-17-26-23)20-10-8-19(25)9-11-20/h3-11,16-17H,2,12-15H2,1H3/p+1. The highest BCUT2D eigenvalue weighted by atomic mass is 79.9. The van der Waals surface area contributed by atoms with E-state index in [4.69, 9.17) is 9.97 Å². The number of nitrogens with one attached hydrogen (secondary N) is 1. The first kappa shape index (κ1) is 19.3. The molecule has 0 spiro atoms. The Morgan fingerprint density at radius 1 is 0.967 bits per heavy atom. The van der Waals surface area contributed by atoms with Crippen molar-refractivity contribution in [3.63, 3.8) is 0 Å². The molecule has 6 heteroatoms. The fraction of sp³-hybridized carbons (Fsp3) is 0.250. The van der Waals surface area contributed by atoms with E-state index in [9.17, 15) is 0 Å². The van der Waals surface area contributed by atoms with E-state index in [0.717, 1.165) is 53.2 Å². The minimum atomic E-state index is 0.950. The molecule has 0 radical (unpaired) electrons. The fourth-order valence-electron chi connectivity index (χ4n) is 4.31. The molecular formula is C24H25BrN5+. The summed E-state index contributed by atoms with van der Waals surface area (Å²) in [5.41, 5.74) is 4.41. The van der Waals surface area contributed by atoms with E-state index in [1.807, 2.05) is 0 Å². The summed E-state index contributed by atoms with van der Waals surface area (Å²) in [6.45, 7) is 7.79. The lowest BCUT2D eigenvalue weighted by Gasteiger charge is -2.32. The largest absolute Gasteiger partial charge is 0.345 e. The zero-order chi connectivity index (χ0) is 20.5. The topological polar surface area (TPSA) is 38.4 Å². The summed E-state index contributed by atoms with van der Waals surface area (Å²) in [6, 6.07) is 18.9. The van der Waals surface area contributed by atoms with Crippen molar-refractivity contribution < 1.29 is 4.90 Å². The molecule has 1 saturated heterocycles. The van der Waals surface area contributed by atoms with Gasteiger partial charge in [0.25, 0.3) is 0 Å². The highest BCUT2D eigenvalue weighted by Gasteiger charge is 2.25. The number of likely N-dealkylation sites (N-methyl/N-ethyl adjacent to an activating group) is 1. The number of halogens is 1. The van der Waals surface area contributed by atoms with Crippen molar-refractivity contribution >= 4 is 32.8 Å². The first-order valence-electron chi connectivity index (χ1n) is 10.5. The van der Waals surface area contributed by atoms with Gasteiger partial charge in [-0.2, -0.15) is 0 Å². The minimum Gasteiger partial charge on any atom is -0.345 e. The molecule has 2 aromatic heterocycles.